The summed E-state index contributed by atoms with van der Waals surface area (Å²) in [6.45, 7) is 3.97. The number of rotatable bonds is 4. The zero-order valence-electron chi connectivity index (χ0n) is 11.1. The molecule has 2 N–H and O–H groups in total. The van der Waals surface area contributed by atoms with Crippen LogP contribution in [0.4, 0.5) is 11.5 Å². The van der Waals surface area contributed by atoms with Gasteiger partial charge in [0.2, 0.25) is 5.82 Å². The van der Waals surface area contributed by atoms with Gasteiger partial charge in [0.05, 0.1) is 17.2 Å². The van der Waals surface area contributed by atoms with E-state index < -0.39 is 4.92 Å². The molecule has 0 aliphatic heterocycles. The predicted octanol–water partition coefficient (Wildman–Crippen LogP) is 1.03. The summed E-state index contributed by atoms with van der Waals surface area (Å²) in [7, 11) is 1.84. The third kappa shape index (κ3) is 2.28. The van der Waals surface area contributed by atoms with Gasteiger partial charge < -0.3 is 5.73 Å². The molecule has 2 rings (SSSR count). The molecule has 0 saturated carbocycles. The third-order valence-corrected chi connectivity index (χ3v) is 2.96. The number of aromatic nitrogens is 4. The summed E-state index contributed by atoms with van der Waals surface area (Å²) < 4.78 is 3.17. The van der Waals surface area contributed by atoms with Gasteiger partial charge in [-0.15, -0.1) is 0 Å². The minimum absolute atomic E-state index is 0.0772. The van der Waals surface area contributed by atoms with Crippen molar-refractivity contribution in [1.82, 2.24) is 19.6 Å². The zero-order chi connectivity index (χ0) is 14.2. The Morgan fingerprint density at radius 1 is 1.47 bits per heavy atom. The van der Waals surface area contributed by atoms with E-state index in [0.717, 1.165) is 17.7 Å². The first kappa shape index (κ1) is 13.1. The Hall–Kier alpha value is -2.38. The minimum Gasteiger partial charge on any atom is -0.378 e. The number of nitrogens with two attached hydrogens (primary N) is 1. The number of hydrogen-bond donors (Lipinski definition) is 1. The van der Waals surface area contributed by atoms with Gasteiger partial charge in [-0.3, -0.25) is 14.8 Å². The summed E-state index contributed by atoms with van der Waals surface area (Å²) in [5, 5.41) is 19.3. The fourth-order valence-corrected chi connectivity index (χ4v) is 2.11. The minimum atomic E-state index is -0.502. The molecule has 102 valence electrons. The van der Waals surface area contributed by atoms with Crippen molar-refractivity contribution >= 4 is 11.5 Å². The van der Waals surface area contributed by atoms with Gasteiger partial charge in [-0.25, -0.2) is 4.68 Å². The van der Waals surface area contributed by atoms with Crippen LogP contribution in [0.2, 0.25) is 0 Å². The van der Waals surface area contributed by atoms with Gasteiger partial charge in [-0.05, 0) is 13.3 Å². The number of nitro groups is 1. The molecule has 19 heavy (non-hydrogen) atoms. The number of aryl methyl sites for hydroxylation is 3. The molecule has 8 nitrogen and oxygen atoms in total. The van der Waals surface area contributed by atoms with Crippen molar-refractivity contribution in [2.75, 3.05) is 5.73 Å². The molecule has 0 saturated heterocycles. The Bertz CT molecular complexity index is 627. The summed E-state index contributed by atoms with van der Waals surface area (Å²) >= 11 is 0. The molecule has 2 aromatic heterocycles. The maximum absolute atomic E-state index is 10.9. The first-order chi connectivity index (χ1) is 8.93. The van der Waals surface area contributed by atoms with Crippen LogP contribution in [0.3, 0.4) is 0 Å². The van der Waals surface area contributed by atoms with Crippen LogP contribution in [-0.4, -0.2) is 24.5 Å². The normalized spacial score (nSPS) is 10.9. The van der Waals surface area contributed by atoms with Crippen molar-refractivity contribution in [3.63, 3.8) is 0 Å². The van der Waals surface area contributed by atoms with Crippen LogP contribution in [0, 0.1) is 17.0 Å². The summed E-state index contributed by atoms with van der Waals surface area (Å²) in [5.41, 5.74) is 7.89. The van der Waals surface area contributed by atoms with Crippen molar-refractivity contribution in [2.45, 2.75) is 26.8 Å². The largest absolute Gasteiger partial charge is 0.378 e. The molecular formula is C11H16N6O2. The van der Waals surface area contributed by atoms with E-state index >= 15 is 0 Å². The molecule has 0 bridgehead atoms. The average molecular weight is 264 g/mol. The highest BCUT2D eigenvalue weighted by atomic mass is 16.6. The molecule has 0 spiro atoms. The van der Waals surface area contributed by atoms with Gasteiger partial charge in [0.15, 0.2) is 0 Å². The number of nitrogens with zero attached hydrogens (tertiary/aromatic N) is 5. The Kier molecular flexibility index (Phi) is 3.24. The summed E-state index contributed by atoms with van der Waals surface area (Å²) in [5.74, 6) is 0.0772. The SMILES string of the molecule is CCc1nn(C)cc1Cn1nc(C)c([N+](=O)[O-])c1N. The molecule has 0 aromatic carbocycles. The zero-order valence-corrected chi connectivity index (χ0v) is 11.1. The second kappa shape index (κ2) is 4.71. The standard InChI is InChI=1S/C11H16N6O2/c1-4-9-8(5-15(3)14-9)6-16-11(12)10(17(18)19)7(2)13-16/h5H,4,6,12H2,1-3H3. The van der Waals surface area contributed by atoms with Crippen LogP contribution in [0.15, 0.2) is 6.20 Å². The fraction of sp³-hybridized carbons (Fsp3) is 0.455. The van der Waals surface area contributed by atoms with E-state index in [2.05, 4.69) is 10.2 Å². The Balaban J connectivity index is 2.39. The first-order valence-corrected chi connectivity index (χ1v) is 5.92. The molecule has 0 atom stereocenters. The van der Waals surface area contributed by atoms with Crippen LogP contribution in [-0.2, 0) is 20.0 Å². The third-order valence-electron chi connectivity index (χ3n) is 2.96. The highest BCUT2D eigenvalue weighted by Gasteiger charge is 2.23. The number of anilines is 1. The van der Waals surface area contributed by atoms with Gasteiger partial charge in [0.1, 0.15) is 5.69 Å². The lowest BCUT2D eigenvalue weighted by Crippen LogP contribution is -2.07. The van der Waals surface area contributed by atoms with Gasteiger partial charge in [-0.1, -0.05) is 6.92 Å². The number of hydrogen-bond acceptors (Lipinski definition) is 5. The molecule has 2 aromatic rings. The van der Waals surface area contributed by atoms with E-state index in [0.29, 0.717) is 12.2 Å². The van der Waals surface area contributed by atoms with Crippen molar-refractivity contribution < 1.29 is 4.92 Å². The molecule has 0 radical (unpaired) electrons. The van der Waals surface area contributed by atoms with Crippen LogP contribution in [0.25, 0.3) is 0 Å². The van der Waals surface area contributed by atoms with E-state index in [1.807, 2.05) is 20.2 Å². The van der Waals surface area contributed by atoms with Crippen LogP contribution in [0.1, 0.15) is 23.9 Å². The van der Waals surface area contributed by atoms with E-state index in [1.165, 1.54) is 4.68 Å². The molecule has 0 aliphatic rings. The Morgan fingerprint density at radius 2 is 2.16 bits per heavy atom. The van der Waals surface area contributed by atoms with Crippen LogP contribution < -0.4 is 5.73 Å². The highest BCUT2D eigenvalue weighted by Crippen LogP contribution is 2.26. The van der Waals surface area contributed by atoms with Gasteiger partial charge in [-0.2, -0.15) is 10.2 Å². The van der Waals surface area contributed by atoms with E-state index in [-0.39, 0.29) is 11.5 Å². The second-order valence-electron chi connectivity index (χ2n) is 4.36. The molecule has 0 amide bonds. The van der Waals surface area contributed by atoms with Crippen molar-refractivity contribution in [2.24, 2.45) is 7.05 Å². The quantitative estimate of drug-likeness (QED) is 0.655. The van der Waals surface area contributed by atoms with Crippen molar-refractivity contribution in [3.8, 4) is 0 Å². The van der Waals surface area contributed by atoms with E-state index in [9.17, 15) is 10.1 Å². The maximum Gasteiger partial charge on any atom is 0.333 e. The van der Waals surface area contributed by atoms with Gasteiger partial charge in [0.25, 0.3) is 0 Å². The van der Waals surface area contributed by atoms with E-state index in [1.54, 1.807) is 11.6 Å². The maximum atomic E-state index is 10.9. The molecule has 0 aliphatic carbocycles. The monoisotopic (exact) mass is 264 g/mol. The van der Waals surface area contributed by atoms with Gasteiger partial charge in [0, 0.05) is 18.8 Å². The summed E-state index contributed by atoms with van der Waals surface area (Å²) in [6, 6.07) is 0. The predicted molar refractivity (Wildman–Crippen MR) is 69.7 cm³/mol. The topological polar surface area (TPSA) is 105 Å². The van der Waals surface area contributed by atoms with Gasteiger partial charge >= 0.3 is 5.69 Å². The lowest BCUT2D eigenvalue weighted by Gasteiger charge is -2.02. The molecule has 0 unspecified atom stereocenters. The molecular weight excluding hydrogens is 248 g/mol. The second-order valence-corrected chi connectivity index (χ2v) is 4.36. The summed E-state index contributed by atoms with van der Waals surface area (Å²) in [4.78, 5) is 10.4. The summed E-state index contributed by atoms with van der Waals surface area (Å²) in [6.07, 6.45) is 2.67. The Morgan fingerprint density at radius 3 is 2.68 bits per heavy atom. The number of nitrogen functional groups attached to an aromatic ring is 1. The van der Waals surface area contributed by atoms with Crippen molar-refractivity contribution in [3.05, 3.63) is 33.3 Å². The Labute approximate surface area is 110 Å². The molecule has 0 fully saturated rings. The molecule has 8 heteroatoms. The average Bonchev–Trinajstić information content (AvgIpc) is 2.80. The first-order valence-electron chi connectivity index (χ1n) is 5.92. The fourth-order valence-electron chi connectivity index (χ4n) is 2.11. The highest BCUT2D eigenvalue weighted by molar-refractivity contribution is 5.56. The van der Waals surface area contributed by atoms with Crippen molar-refractivity contribution in [1.29, 1.82) is 0 Å². The molecule has 2 heterocycles. The lowest BCUT2D eigenvalue weighted by atomic mass is 10.2. The lowest BCUT2D eigenvalue weighted by molar-refractivity contribution is -0.384. The smallest absolute Gasteiger partial charge is 0.333 e. The van der Waals surface area contributed by atoms with Crippen LogP contribution in [0.5, 0.6) is 0 Å². The van der Waals surface area contributed by atoms with E-state index in [4.69, 9.17) is 5.73 Å². The van der Waals surface area contributed by atoms with Crippen LogP contribution >= 0.6 is 0 Å².